The van der Waals surface area contributed by atoms with E-state index < -0.39 is 58.4 Å². The number of halogens is 2. The maximum Gasteiger partial charge on any atom is 0.274 e. The van der Waals surface area contributed by atoms with Crippen molar-refractivity contribution in [2.24, 2.45) is 5.16 Å². The van der Waals surface area contributed by atoms with Crippen LogP contribution < -0.4 is 10.7 Å². The third-order valence-corrected chi connectivity index (χ3v) is 7.77. The maximum atomic E-state index is 14.3. The first-order chi connectivity index (χ1) is 17.9. The van der Waals surface area contributed by atoms with E-state index in [4.69, 9.17) is 4.84 Å². The zero-order valence-electron chi connectivity index (χ0n) is 21.5. The third-order valence-electron chi connectivity index (χ3n) is 7.77. The minimum atomic E-state index is -1.05. The highest BCUT2D eigenvalue weighted by atomic mass is 19.1. The number of benzene rings is 1. The minimum absolute atomic E-state index is 0.179. The lowest BCUT2D eigenvalue weighted by molar-refractivity contribution is -0.0655. The molecule has 0 aliphatic carbocycles. The third kappa shape index (κ3) is 3.98. The first-order valence-electron chi connectivity index (χ1n) is 12.4. The summed E-state index contributed by atoms with van der Waals surface area (Å²) >= 11 is 0. The SMILES string of the molecule is Cc1cc(F)c(CNC(=O)c2cn3c(c(O)c2=O)C(=O)N2C[C@@H]3[C@]3(CC[C@@H]2C)CC(N(C)C)=NO3)c(F)c1. The fourth-order valence-electron chi connectivity index (χ4n) is 5.50. The van der Waals surface area contributed by atoms with Crippen LogP contribution in [-0.4, -0.2) is 69.4 Å². The summed E-state index contributed by atoms with van der Waals surface area (Å²) in [5, 5.41) is 17.5. The fourth-order valence-corrected chi connectivity index (χ4v) is 5.50. The number of aromatic nitrogens is 1. The molecule has 1 aromatic heterocycles. The van der Waals surface area contributed by atoms with Crippen LogP contribution in [0.2, 0.25) is 0 Å². The van der Waals surface area contributed by atoms with Gasteiger partial charge in [0.1, 0.15) is 23.0 Å². The van der Waals surface area contributed by atoms with Crippen LogP contribution in [0.3, 0.4) is 0 Å². The quantitative estimate of drug-likeness (QED) is 0.630. The Morgan fingerprint density at radius 2 is 1.97 bits per heavy atom. The molecule has 1 saturated heterocycles. The zero-order chi connectivity index (χ0) is 27.5. The number of nitrogens with zero attached hydrogens (tertiary/aromatic N) is 4. The fraction of sp³-hybridized carbons (Fsp3) is 0.462. The summed E-state index contributed by atoms with van der Waals surface area (Å²) in [6.07, 6.45) is 2.81. The van der Waals surface area contributed by atoms with Gasteiger partial charge in [-0.05, 0) is 44.4 Å². The summed E-state index contributed by atoms with van der Waals surface area (Å²) < 4.78 is 30.0. The summed E-state index contributed by atoms with van der Waals surface area (Å²) in [6.45, 7) is 3.15. The Labute approximate surface area is 217 Å². The van der Waals surface area contributed by atoms with Gasteiger partial charge in [-0.15, -0.1) is 0 Å². The number of amidine groups is 1. The van der Waals surface area contributed by atoms with E-state index in [-0.39, 0.29) is 23.8 Å². The average molecular weight is 530 g/mol. The molecule has 3 atom stereocenters. The molecule has 0 radical (unpaired) electrons. The van der Waals surface area contributed by atoms with E-state index >= 15 is 0 Å². The van der Waals surface area contributed by atoms with Gasteiger partial charge in [0, 0.05) is 45.0 Å². The average Bonchev–Trinajstić information content (AvgIpc) is 3.24. The molecule has 1 spiro atoms. The molecule has 3 aliphatic rings. The second-order valence-electron chi connectivity index (χ2n) is 10.5. The lowest BCUT2D eigenvalue weighted by Crippen LogP contribution is -2.52. The second-order valence-corrected chi connectivity index (χ2v) is 10.5. The summed E-state index contributed by atoms with van der Waals surface area (Å²) in [5.41, 5.74) is -2.59. The number of oxime groups is 1. The van der Waals surface area contributed by atoms with Gasteiger partial charge in [0.15, 0.2) is 17.0 Å². The molecule has 10 nitrogen and oxygen atoms in total. The number of hydrogen-bond acceptors (Lipinski definition) is 7. The second kappa shape index (κ2) is 9.10. The van der Waals surface area contributed by atoms with Gasteiger partial charge in [-0.3, -0.25) is 14.4 Å². The van der Waals surface area contributed by atoms with Crippen molar-refractivity contribution in [3.8, 4) is 5.75 Å². The molecular formula is C26H29F2N5O5. The van der Waals surface area contributed by atoms with E-state index in [1.807, 2.05) is 25.9 Å². The van der Waals surface area contributed by atoms with Crippen molar-refractivity contribution >= 4 is 17.6 Å². The van der Waals surface area contributed by atoms with Gasteiger partial charge >= 0.3 is 0 Å². The van der Waals surface area contributed by atoms with E-state index in [9.17, 15) is 28.3 Å². The lowest BCUT2D eigenvalue weighted by Gasteiger charge is -2.41. The van der Waals surface area contributed by atoms with Crippen LogP contribution in [0.5, 0.6) is 5.75 Å². The van der Waals surface area contributed by atoms with Crippen molar-refractivity contribution in [3.05, 3.63) is 62.6 Å². The largest absolute Gasteiger partial charge is 0.503 e. The van der Waals surface area contributed by atoms with Crippen molar-refractivity contribution < 1.29 is 28.3 Å². The lowest BCUT2D eigenvalue weighted by atomic mass is 9.85. The summed E-state index contributed by atoms with van der Waals surface area (Å²) in [5.74, 6) is -3.28. The number of rotatable bonds is 3. The van der Waals surface area contributed by atoms with Crippen molar-refractivity contribution in [2.45, 2.75) is 57.3 Å². The van der Waals surface area contributed by atoms with Gasteiger partial charge in [-0.1, -0.05) is 5.16 Å². The number of hydrogen-bond donors (Lipinski definition) is 2. The first kappa shape index (κ1) is 25.7. The molecule has 38 heavy (non-hydrogen) atoms. The van der Waals surface area contributed by atoms with Gasteiger partial charge < -0.3 is 29.6 Å². The topological polar surface area (TPSA) is 116 Å². The van der Waals surface area contributed by atoms with Crippen molar-refractivity contribution in [3.63, 3.8) is 0 Å². The van der Waals surface area contributed by atoms with Crippen molar-refractivity contribution in [2.75, 3.05) is 20.6 Å². The smallest absolute Gasteiger partial charge is 0.274 e. The number of fused-ring (bicyclic) bond motifs is 5. The van der Waals surface area contributed by atoms with Crippen LogP contribution in [0.25, 0.3) is 0 Å². The minimum Gasteiger partial charge on any atom is -0.503 e. The van der Waals surface area contributed by atoms with E-state index in [2.05, 4.69) is 10.5 Å². The van der Waals surface area contributed by atoms with E-state index in [1.54, 1.807) is 4.90 Å². The predicted octanol–water partition coefficient (Wildman–Crippen LogP) is 2.28. The van der Waals surface area contributed by atoms with Crippen LogP contribution in [0, 0.1) is 18.6 Å². The highest BCUT2D eigenvalue weighted by molar-refractivity contribution is 5.99. The molecule has 0 saturated carbocycles. The van der Waals surface area contributed by atoms with Gasteiger partial charge in [-0.2, -0.15) is 0 Å². The van der Waals surface area contributed by atoms with Gasteiger partial charge in [0.25, 0.3) is 11.8 Å². The molecule has 2 bridgehead atoms. The van der Waals surface area contributed by atoms with E-state index in [0.717, 1.165) is 12.1 Å². The Kier molecular flexibility index (Phi) is 6.15. The van der Waals surface area contributed by atoms with E-state index in [1.165, 1.54) is 17.7 Å². The number of carbonyl (C=O) groups is 2. The molecule has 12 heteroatoms. The Morgan fingerprint density at radius 3 is 2.61 bits per heavy atom. The highest BCUT2D eigenvalue weighted by Gasteiger charge is 2.54. The van der Waals surface area contributed by atoms with Crippen LogP contribution in [0.4, 0.5) is 8.78 Å². The number of pyridine rings is 1. The van der Waals surface area contributed by atoms with Crippen LogP contribution in [0.1, 0.15) is 64.2 Å². The molecule has 0 unspecified atom stereocenters. The molecule has 2 aromatic rings. The molecule has 202 valence electrons. The number of nitrogens with one attached hydrogen (secondary N) is 1. The summed E-state index contributed by atoms with van der Waals surface area (Å²) in [4.78, 5) is 48.9. The molecule has 3 aliphatic heterocycles. The number of aryl methyl sites for hydroxylation is 1. The first-order valence-corrected chi connectivity index (χ1v) is 12.4. The van der Waals surface area contributed by atoms with Gasteiger partial charge in [0.05, 0.1) is 12.5 Å². The standard InChI is InChI=1S/C26H29F2N5O5/c1-13-7-17(27)15(18(28)8-13)10-29-24(36)16-11-33-19-12-32(25(37)21(33)23(35)22(16)34)14(2)5-6-26(19)9-20(30-38-26)31(3)4/h7-8,11,14,19,35H,5-6,9-10,12H2,1-4H3,(H,29,36)/t14-,19+,26-/m0/s1. The van der Waals surface area contributed by atoms with Gasteiger partial charge in [-0.25, -0.2) is 8.78 Å². The van der Waals surface area contributed by atoms with Crippen LogP contribution in [0.15, 0.2) is 28.3 Å². The molecule has 5 rings (SSSR count). The monoisotopic (exact) mass is 529 g/mol. The zero-order valence-corrected chi connectivity index (χ0v) is 21.5. The van der Waals surface area contributed by atoms with Crippen molar-refractivity contribution in [1.82, 2.24) is 19.7 Å². The maximum absolute atomic E-state index is 14.3. The number of amides is 2. The molecule has 1 fully saturated rings. The summed E-state index contributed by atoms with van der Waals surface area (Å²) in [7, 11) is 3.69. The Bertz CT molecular complexity index is 1410. The summed E-state index contributed by atoms with van der Waals surface area (Å²) in [6, 6.07) is 1.53. The Hall–Kier alpha value is -3.96. The molecular weight excluding hydrogens is 500 g/mol. The number of carbonyl (C=O) groups excluding carboxylic acids is 2. The molecule has 4 heterocycles. The van der Waals surface area contributed by atoms with Crippen LogP contribution in [-0.2, 0) is 11.4 Å². The van der Waals surface area contributed by atoms with Gasteiger partial charge in [0.2, 0.25) is 5.43 Å². The Morgan fingerprint density at radius 1 is 1.29 bits per heavy atom. The normalized spacial score (nSPS) is 24.0. The Balaban J connectivity index is 1.55. The predicted molar refractivity (Wildman–Crippen MR) is 133 cm³/mol. The molecule has 2 amide bonds. The van der Waals surface area contributed by atoms with Crippen molar-refractivity contribution in [1.29, 1.82) is 0 Å². The van der Waals surface area contributed by atoms with E-state index in [0.29, 0.717) is 30.7 Å². The molecule has 1 aromatic carbocycles. The molecule has 2 N–H and O–H groups in total. The van der Waals surface area contributed by atoms with Crippen LogP contribution >= 0.6 is 0 Å². The number of aromatic hydroxyl groups is 1. The highest BCUT2D eigenvalue weighted by Crippen LogP contribution is 2.46.